The van der Waals surface area contributed by atoms with Gasteiger partial charge in [0.15, 0.2) is 5.89 Å². The molecule has 7 nitrogen and oxygen atoms in total. The van der Waals surface area contributed by atoms with Gasteiger partial charge in [0.2, 0.25) is 17.6 Å². The van der Waals surface area contributed by atoms with Gasteiger partial charge in [-0.05, 0) is 38.5 Å². The smallest absolute Gasteiger partial charge is 0.230 e. The number of nitrogens with zero attached hydrogens (tertiary/aromatic N) is 3. The molecule has 0 bridgehead atoms. The summed E-state index contributed by atoms with van der Waals surface area (Å²) < 4.78 is 10.6. The van der Waals surface area contributed by atoms with Gasteiger partial charge in [0.1, 0.15) is 12.0 Å². The summed E-state index contributed by atoms with van der Waals surface area (Å²) in [5.41, 5.74) is 0.602. The van der Waals surface area contributed by atoms with E-state index in [-0.39, 0.29) is 23.8 Å². The summed E-state index contributed by atoms with van der Waals surface area (Å²) >= 11 is 0. The molecular formula is C18H24N4O3. The lowest BCUT2D eigenvalue weighted by Crippen LogP contribution is -2.40. The van der Waals surface area contributed by atoms with Crippen LogP contribution in [0.15, 0.2) is 15.2 Å². The van der Waals surface area contributed by atoms with Crippen LogP contribution in [0, 0.1) is 12.8 Å². The fourth-order valence-electron chi connectivity index (χ4n) is 3.96. The molecule has 4 rings (SSSR count). The summed E-state index contributed by atoms with van der Waals surface area (Å²) in [5.74, 6) is 2.47. The van der Waals surface area contributed by atoms with Crippen LogP contribution in [0.2, 0.25) is 0 Å². The Labute approximate surface area is 146 Å². The summed E-state index contributed by atoms with van der Waals surface area (Å²) in [6, 6.07) is 0.282. The van der Waals surface area contributed by atoms with Crippen molar-refractivity contribution in [3.05, 3.63) is 18.0 Å². The summed E-state index contributed by atoms with van der Waals surface area (Å²) in [5, 5.41) is 7.25. The number of nitrogens with one attached hydrogen (secondary N) is 1. The van der Waals surface area contributed by atoms with Crippen LogP contribution in [-0.2, 0) is 4.79 Å². The fourth-order valence-corrected chi connectivity index (χ4v) is 3.96. The fraction of sp³-hybridized carbons (Fsp3) is 0.667. The zero-order chi connectivity index (χ0) is 17.2. The molecule has 7 heteroatoms. The maximum absolute atomic E-state index is 12.3. The van der Waals surface area contributed by atoms with E-state index in [0.717, 1.165) is 38.5 Å². The first kappa shape index (κ1) is 16.3. The molecule has 2 aromatic rings. The molecule has 2 aliphatic carbocycles. The van der Waals surface area contributed by atoms with Crippen LogP contribution in [0.5, 0.6) is 0 Å². The van der Waals surface area contributed by atoms with Crippen molar-refractivity contribution in [2.24, 2.45) is 5.92 Å². The third-order valence-corrected chi connectivity index (χ3v) is 5.44. The van der Waals surface area contributed by atoms with Gasteiger partial charge in [-0.1, -0.05) is 18.0 Å². The zero-order valence-corrected chi connectivity index (χ0v) is 14.5. The third kappa shape index (κ3) is 3.60. The molecule has 0 spiro atoms. The lowest BCUT2D eigenvalue weighted by atomic mass is 9.85. The maximum Gasteiger partial charge on any atom is 0.230 e. The van der Waals surface area contributed by atoms with Gasteiger partial charge < -0.3 is 14.3 Å². The highest BCUT2D eigenvalue weighted by molar-refractivity contribution is 5.79. The summed E-state index contributed by atoms with van der Waals surface area (Å²) in [6.07, 6.45) is 9.85. The molecule has 1 amide bonds. The Kier molecular flexibility index (Phi) is 4.55. The molecule has 1 N–H and O–H groups in total. The topological polar surface area (TPSA) is 94.1 Å². The van der Waals surface area contributed by atoms with E-state index in [9.17, 15) is 4.79 Å². The normalized spacial score (nSPS) is 24.5. The van der Waals surface area contributed by atoms with Crippen molar-refractivity contribution in [1.29, 1.82) is 0 Å². The highest BCUT2D eigenvalue weighted by atomic mass is 16.5. The van der Waals surface area contributed by atoms with Crippen molar-refractivity contribution in [3.63, 3.8) is 0 Å². The highest BCUT2D eigenvalue weighted by Gasteiger charge is 2.30. The van der Waals surface area contributed by atoms with Gasteiger partial charge >= 0.3 is 0 Å². The Bertz CT molecular complexity index is 724. The van der Waals surface area contributed by atoms with Crippen molar-refractivity contribution < 1.29 is 13.7 Å². The van der Waals surface area contributed by atoms with Crippen LogP contribution in [0.4, 0.5) is 0 Å². The average Bonchev–Trinajstić information content (AvgIpc) is 3.37. The van der Waals surface area contributed by atoms with Gasteiger partial charge in [-0.2, -0.15) is 4.98 Å². The zero-order valence-electron chi connectivity index (χ0n) is 14.5. The second-order valence-corrected chi connectivity index (χ2v) is 7.25. The number of hydrogen-bond acceptors (Lipinski definition) is 6. The van der Waals surface area contributed by atoms with Gasteiger partial charge in [-0.25, -0.2) is 4.98 Å². The number of carbonyl (C=O) groups excluding carboxylic acids is 1. The largest absolute Gasteiger partial charge is 0.449 e. The quantitative estimate of drug-likeness (QED) is 0.914. The van der Waals surface area contributed by atoms with Gasteiger partial charge in [-0.3, -0.25) is 4.79 Å². The van der Waals surface area contributed by atoms with E-state index in [1.165, 1.54) is 12.8 Å². The minimum atomic E-state index is 0.238. The van der Waals surface area contributed by atoms with Crippen LogP contribution < -0.4 is 5.32 Å². The van der Waals surface area contributed by atoms with E-state index in [1.807, 2.05) is 0 Å². The number of oxazole rings is 1. The van der Waals surface area contributed by atoms with Crippen molar-refractivity contribution in [1.82, 2.24) is 20.4 Å². The molecule has 2 fully saturated rings. The predicted octanol–water partition coefficient (Wildman–Crippen LogP) is 3.37. The molecule has 2 heterocycles. The minimum absolute atomic E-state index is 0.238. The Morgan fingerprint density at radius 1 is 1.12 bits per heavy atom. The first-order valence-corrected chi connectivity index (χ1v) is 9.25. The number of carbonyl (C=O) groups is 1. The molecule has 0 radical (unpaired) electrons. The van der Waals surface area contributed by atoms with Gasteiger partial charge in [-0.15, -0.1) is 0 Å². The van der Waals surface area contributed by atoms with E-state index in [2.05, 4.69) is 20.4 Å². The van der Waals surface area contributed by atoms with Crippen LogP contribution in [0.3, 0.4) is 0 Å². The Balaban J connectivity index is 1.31. The second-order valence-electron chi connectivity index (χ2n) is 7.25. The lowest BCUT2D eigenvalue weighted by molar-refractivity contribution is -0.125. The number of aromatic nitrogens is 3. The summed E-state index contributed by atoms with van der Waals surface area (Å²) in [6.45, 7) is 1.78. The molecular weight excluding hydrogens is 320 g/mol. The van der Waals surface area contributed by atoms with Crippen LogP contribution in [0.1, 0.15) is 69.1 Å². The molecule has 0 atom stereocenters. The van der Waals surface area contributed by atoms with Crippen molar-refractivity contribution in [3.8, 4) is 11.5 Å². The van der Waals surface area contributed by atoms with E-state index in [0.29, 0.717) is 23.3 Å². The second kappa shape index (κ2) is 6.98. The van der Waals surface area contributed by atoms with Crippen molar-refractivity contribution in [2.45, 2.75) is 70.3 Å². The van der Waals surface area contributed by atoms with Gasteiger partial charge in [0.05, 0.1) is 0 Å². The lowest BCUT2D eigenvalue weighted by Gasteiger charge is -2.28. The molecule has 0 aromatic carbocycles. The molecule has 0 aliphatic heterocycles. The van der Waals surface area contributed by atoms with Crippen molar-refractivity contribution >= 4 is 5.91 Å². The molecule has 0 saturated heterocycles. The molecule has 134 valence electrons. The standard InChI is InChI=1S/C18H24N4O3/c1-11-19-15(10-24-11)16-21-18(25-22-16)13-6-8-14(9-7-13)20-17(23)12-4-2-3-5-12/h10,12-14H,2-9H2,1H3,(H,20,23). The van der Waals surface area contributed by atoms with Gasteiger partial charge in [0.25, 0.3) is 0 Å². The Hall–Kier alpha value is -2.18. The van der Waals surface area contributed by atoms with Crippen LogP contribution in [0.25, 0.3) is 11.5 Å². The molecule has 2 aliphatic rings. The molecule has 2 aromatic heterocycles. The monoisotopic (exact) mass is 344 g/mol. The minimum Gasteiger partial charge on any atom is -0.449 e. The van der Waals surface area contributed by atoms with E-state index in [4.69, 9.17) is 8.94 Å². The SMILES string of the molecule is Cc1nc(-c2noc(C3CCC(NC(=O)C4CCCC4)CC3)n2)co1. The highest BCUT2D eigenvalue weighted by Crippen LogP contribution is 2.33. The first-order chi connectivity index (χ1) is 12.2. The van der Waals surface area contributed by atoms with Gasteiger partial charge in [0, 0.05) is 24.8 Å². The molecule has 25 heavy (non-hydrogen) atoms. The van der Waals surface area contributed by atoms with E-state index < -0.39 is 0 Å². The average molecular weight is 344 g/mol. The summed E-state index contributed by atoms with van der Waals surface area (Å²) in [4.78, 5) is 21.0. The van der Waals surface area contributed by atoms with Crippen molar-refractivity contribution in [2.75, 3.05) is 0 Å². The Morgan fingerprint density at radius 2 is 1.88 bits per heavy atom. The third-order valence-electron chi connectivity index (χ3n) is 5.44. The summed E-state index contributed by atoms with van der Waals surface area (Å²) in [7, 11) is 0. The maximum atomic E-state index is 12.3. The Morgan fingerprint density at radius 3 is 2.56 bits per heavy atom. The molecule has 0 unspecified atom stereocenters. The first-order valence-electron chi connectivity index (χ1n) is 9.25. The predicted molar refractivity (Wildman–Crippen MR) is 89.6 cm³/mol. The number of rotatable bonds is 4. The number of aryl methyl sites for hydroxylation is 1. The molecule has 2 saturated carbocycles. The number of amides is 1. The van der Waals surface area contributed by atoms with E-state index >= 15 is 0 Å². The van der Waals surface area contributed by atoms with Crippen LogP contribution in [-0.4, -0.2) is 27.1 Å². The number of hydrogen-bond donors (Lipinski definition) is 1. The van der Waals surface area contributed by atoms with Crippen LogP contribution >= 0.6 is 0 Å². The van der Waals surface area contributed by atoms with E-state index in [1.54, 1.807) is 13.2 Å².